The van der Waals surface area contributed by atoms with Gasteiger partial charge in [-0.25, -0.2) is 9.78 Å². The first kappa shape index (κ1) is 17.4. The van der Waals surface area contributed by atoms with Crippen LogP contribution in [0.5, 0.6) is 0 Å². The maximum Gasteiger partial charge on any atom is 0.328 e. The van der Waals surface area contributed by atoms with Gasteiger partial charge in [-0.1, -0.05) is 11.3 Å². The number of carbonyl (C=O) groups is 2. The number of nitrogens with one attached hydrogen (secondary N) is 1. The number of amides is 3. The molecular formula is C18H16FN5O2S. The number of hydrogen-bond acceptors (Lipinski definition) is 5. The van der Waals surface area contributed by atoms with Gasteiger partial charge in [0.05, 0.1) is 17.8 Å². The van der Waals surface area contributed by atoms with E-state index in [9.17, 15) is 19.2 Å². The van der Waals surface area contributed by atoms with Crippen LogP contribution in [-0.4, -0.2) is 41.5 Å². The number of likely N-dealkylation sites (tertiary alicyclic amines) is 1. The van der Waals surface area contributed by atoms with Gasteiger partial charge in [0.15, 0.2) is 10.3 Å². The Kier molecular flexibility index (Phi) is 4.08. The summed E-state index contributed by atoms with van der Waals surface area (Å²) in [6.07, 6.45) is 1.77. The number of anilines is 2. The molecule has 2 aromatic rings. The molecular weight excluding hydrogens is 369 g/mol. The standard InChI is InChI=1S/C18H16FN5O2S/c1-11(25)23-5-4-18(9-23)10-24(14-3-2-12(7-20)6-13(14)18)17(26)22-16-21-8-15(19)27-16/h2-3,6,8H,4-5,9-10H2,1H3,(H,21,22,26). The number of aromatic nitrogens is 1. The van der Waals surface area contributed by atoms with Gasteiger partial charge < -0.3 is 4.90 Å². The van der Waals surface area contributed by atoms with E-state index in [1.54, 1.807) is 28.0 Å². The summed E-state index contributed by atoms with van der Waals surface area (Å²) < 4.78 is 13.2. The second-order valence-electron chi connectivity index (χ2n) is 6.80. The lowest BCUT2D eigenvalue weighted by molar-refractivity contribution is -0.127. The predicted molar refractivity (Wildman–Crippen MR) is 98.1 cm³/mol. The summed E-state index contributed by atoms with van der Waals surface area (Å²) in [6, 6.07) is 6.94. The molecule has 9 heteroatoms. The molecule has 7 nitrogen and oxygen atoms in total. The third-order valence-corrected chi connectivity index (χ3v) is 5.89. The van der Waals surface area contributed by atoms with Crippen molar-refractivity contribution in [1.82, 2.24) is 9.88 Å². The van der Waals surface area contributed by atoms with Crippen LogP contribution in [0.25, 0.3) is 0 Å². The van der Waals surface area contributed by atoms with Gasteiger partial charge in [-0.2, -0.15) is 9.65 Å². The Morgan fingerprint density at radius 1 is 1.41 bits per heavy atom. The lowest BCUT2D eigenvalue weighted by Gasteiger charge is -2.25. The number of urea groups is 1. The molecule has 3 heterocycles. The Labute approximate surface area is 159 Å². The minimum Gasteiger partial charge on any atom is -0.342 e. The molecule has 1 atom stereocenters. The van der Waals surface area contributed by atoms with Crippen LogP contribution in [0.3, 0.4) is 0 Å². The highest BCUT2D eigenvalue weighted by Gasteiger charge is 2.49. The van der Waals surface area contributed by atoms with Crippen molar-refractivity contribution in [2.24, 2.45) is 0 Å². The molecule has 1 saturated heterocycles. The number of benzene rings is 1. The zero-order valence-electron chi connectivity index (χ0n) is 14.5. The molecule has 1 spiro atoms. The predicted octanol–water partition coefficient (Wildman–Crippen LogP) is 2.70. The topological polar surface area (TPSA) is 89.3 Å². The fourth-order valence-corrected chi connectivity index (χ4v) is 4.42. The van der Waals surface area contributed by atoms with Crippen molar-refractivity contribution in [3.8, 4) is 6.07 Å². The Hall–Kier alpha value is -2.99. The summed E-state index contributed by atoms with van der Waals surface area (Å²) in [5, 5.41) is 11.6. The quantitative estimate of drug-likeness (QED) is 0.817. The lowest BCUT2D eigenvalue weighted by Crippen LogP contribution is -2.41. The number of thiazole rings is 1. The number of fused-ring (bicyclic) bond motifs is 2. The summed E-state index contributed by atoms with van der Waals surface area (Å²) in [5.74, 6) is -0.00831. The van der Waals surface area contributed by atoms with Gasteiger partial charge in [0.1, 0.15) is 0 Å². The van der Waals surface area contributed by atoms with E-state index in [1.165, 1.54) is 6.92 Å². The van der Waals surface area contributed by atoms with Crippen LogP contribution in [0.4, 0.5) is 20.0 Å². The van der Waals surface area contributed by atoms with Crippen molar-refractivity contribution in [1.29, 1.82) is 5.26 Å². The van der Waals surface area contributed by atoms with Crippen LogP contribution >= 0.6 is 11.3 Å². The van der Waals surface area contributed by atoms with Gasteiger partial charge in [0.2, 0.25) is 5.91 Å². The molecule has 27 heavy (non-hydrogen) atoms. The molecule has 1 aromatic carbocycles. The van der Waals surface area contributed by atoms with E-state index in [0.717, 1.165) is 23.1 Å². The normalized spacial score (nSPS) is 20.6. The Bertz CT molecular complexity index is 984. The maximum absolute atomic E-state index is 13.2. The van der Waals surface area contributed by atoms with Crippen molar-refractivity contribution in [3.05, 3.63) is 40.7 Å². The van der Waals surface area contributed by atoms with Gasteiger partial charge in [-0.05, 0) is 30.2 Å². The van der Waals surface area contributed by atoms with Gasteiger partial charge in [0.25, 0.3) is 0 Å². The highest BCUT2D eigenvalue weighted by atomic mass is 32.1. The van der Waals surface area contributed by atoms with Crippen LogP contribution in [0, 0.1) is 16.5 Å². The number of halogens is 1. The molecule has 2 aliphatic heterocycles. The fourth-order valence-electron chi connectivity index (χ4n) is 3.88. The first-order chi connectivity index (χ1) is 12.9. The summed E-state index contributed by atoms with van der Waals surface area (Å²) in [6.45, 7) is 3.03. The second-order valence-corrected chi connectivity index (χ2v) is 7.78. The molecule has 1 unspecified atom stereocenters. The molecule has 0 aliphatic carbocycles. The molecule has 3 amide bonds. The third kappa shape index (κ3) is 2.92. The van der Waals surface area contributed by atoms with Crippen molar-refractivity contribution < 1.29 is 14.0 Å². The van der Waals surface area contributed by atoms with Crippen LogP contribution in [0.2, 0.25) is 0 Å². The van der Waals surface area contributed by atoms with E-state index in [0.29, 0.717) is 37.3 Å². The van der Waals surface area contributed by atoms with E-state index in [4.69, 9.17) is 0 Å². The largest absolute Gasteiger partial charge is 0.342 e. The Morgan fingerprint density at radius 2 is 2.22 bits per heavy atom. The summed E-state index contributed by atoms with van der Waals surface area (Å²) in [5.41, 5.74) is 1.71. The average molecular weight is 385 g/mol. The van der Waals surface area contributed by atoms with Crippen LogP contribution in [-0.2, 0) is 10.2 Å². The Balaban J connectivity index is 1.69. The molecule has 2 aliphatic rings. The van der Waals surface area contributed by atoms with E-state index in [2.05, 4.69) is 16.4 Å². The van der Waals surface area contributed by atoms with Gasteiger partial charge in [-0.15, -0.1) is 0 Å². The SMILES string of the molecule is CC(=O)N1CCC2(C1)CN(C(=O)Nc1ncc(F)s1)c1ccc(C#N)cc12. The molecule has 1 N–H and O–H groups in total. The molecule has 0 saturated carbocycles. The summed E-state index contributed by atoms with van der Waals surface area (Å²) in [4.78, 5) is 31.8. The molecule has 1 aromatic heterocycles. The molecule has 138 valence electrons. The molecule has 0 bridgehead atoms. The van der Waals surface area contributed by atoms with Gasteiger partial charge >= 0.3 is 6.03 Å². The summed E-state index contributed by atoms with van der Waals surface area (Å²) in [7, 11) is 0. The van der Waals surface area contributed by atoms with Crippen LogP contribution < -0.4 is 10.2 Å². The number of hydrogen-bond donors (Lipinski definition) is 1. The molecule has 4 rings (SSSR count). The van der Waals surface area contributed by atoms with Crippen molar-refractivity contribution in [2.45, 2.75) is 18.8 Å². The van der Waals surface area contributed by atoms with E-state index >= 15 is 0 Å². The minimum atomic E-state index is -0.477. The van der Waals surface area contributed by atoms with Crippen molar-refractivity contribution in [2.75, 3.05) is 29.9 Å². The Morgan fingerprint density at radius 3 is 2.85 bits per heavy atom. The number of nitrogens with zero attached hydrogens (tertiary/aromatic N) is 4. The van der Waals surface area contributed by atoms with Crippen molar-refractivity contribution >= 4 is 34.1 Å². The zero-order chi connectivity index (χ0) is 19.2. The van der Waals surface area contributed by atoms with Crippen LogP contribution in [0.1, 0.15) is 24.5 Å². The van der Waals surface area contributed by atoms with E-state index < -0.39 is 16.6 Å². The number of rotatable bonds is 1. The smallest absolute Gasteiger partial charge is 0.328 e. The first-order valence-corrected chi connectivity index (χ1v) is 9.23. The lowest BCUT2D eigenvalue weighted by atomic mass is 9.81. The zero-order valence-corrected chi connectivity index (χ0v) is 15.3. The first-order valence-electron chi connectivity index (χ1n) is 8.42. The highest BCUT2D eigenvalue weighted by Crippen LogP contribution is 2.47. The van der Waals surface area contributed by atoms with Crippen LogP contribution in [0.15, 0.2) is 24.4 Å². The number of nitriles is 1. The van der Waals surface area contributed by atoms with E-state index in [1.807, 2.05) is 0 Å². The average Bonchev–Trinajstić information content (AvgIpc) is 3.34. The minimum absolute atomic E-state index is 0.00831. The van der Waals surface area contributed by atoms with E-state index in [-0.39, 0.29) is 11.0 Å². The highest BCUT2D eigenvalue weighted by molar-refractivity contribution is 7.14. The fraction of sp³-hybridized carbons (Fsp3) is 0.333. The third-order valence-electron chi connectivity index (χ3n) is 5.18. The van der Waals surface area contributed by atoms with Gasteiger partial charge in [-0.3, -0.25) is 15.0 Å². The maximum atomic E-state index is 13.2. The van der Waals surface area contributed by atoms with Crippen molar-refractivity contribution in [3.63, 3.8) is 0 Å². The second kappa shape index (κ2) is 6.32. The monoisotopic (exact) mass is 385 g/mol. The molecule has 0 radical (unpaired) electrons. The summed E-state index contributed by atoms with van der Waals surface area (Å²) >= 11 is 0.758. The molecule has 1 fully saturated rings. The number of carbonyl (C=O) groups excluding carboxylic acids is 2. The van der Waals surface area contributed by atoms with Gasteiger partial charge in [0, 0.05) is 37.7 Å².